The fourth-order valence-corrected chi connectivity index (χ4v) is 3.91. The number of rotatable bonds is 5. The molecule has 0 aromatic carbocycles. The van der Waals surface area contributed by atoms with Crippen LogP contribution in [0.25, 0.3) is 0 Å². The van der Waals surface area contributed by atoms with Gasteiger partial charge in [-0.1, -0.05) is 6.92 Å². The number of pyridine rings is 1. The molecular weight excluding hydrogens is 260 g/mol. The largest absolute Gasteiger partial charge is 0.358 e. The van der Waals surface area contributed by atoms with Crippen molar-refractivity contribution in [2.75, 3.05) is 31.6 Å². The lowest BCUT2D eigenvalue weighted by Crippen LogP contribution is -2.39. The van der Waals surface area contributed by atoms with Gasteiger partial charge in [-0.25, -0.2) is 4.98 Å². The molecule has 4 nitrogen and oxygen atoms in total. The van der Waals surface area contributed by atoms with Crippen LogP contribution in [0.2, 0.25) is 0 Å². The summed E-state index contributed by atoms with van der Waals surface area (Å²) in [5.41, 5.74) is 9.89. The minimum atomic E-state index is 0.585. The molecule has 1 atom stereocenters. The van der Waals surface area contributed by atoms with E-state index >= 15 is 0 Å². The molecule has 3 rings (SSSR count). The maximum atomic E-state index is 5.97. The van der Waals surface area contributed by atoms with E-state index in [0.29, 0.717) is 12.6 Å². The minimum absolute atomic E-state index is 0.585. The molecule has 1 aliphatic carbocycles. The zero-order valence-corrected chi connectivity index (χ0v) is 13.4. The second kappa shape index (κ2) is 6.32. The lowest BCUT2D eigenvalue weighted by atomic mass is 10.1. The van der Waals surface area contributed by atoms with Gasteiger partial charge >= 0.3 is 0 Å². The van der Waals surface area contributed by atoms with E-state index in [1.165, 1.54) is 49.0 Å². The zero-order valence-electron chi connectivity index (χ0n) is 13.4. The number of nitrogens with two attached hydrogens (primary N) is 1. The van der Waals surface area contributed by atoms with E-state index in [0.717, 1.165) is 25.3 Å². The molecule has 1 fully saturated rings. The van der Waals surface area contributed by atoms with Gasteiger partial charge in [-0.2, -0.15) is 0 Å². The highest BCUT2D eigenvalue weighted by Crippen LogP contribution is 2.28. The van der Waals surface area contributed by atoms with E-state index in [-0.39, 0.29) is 0 Å². The van der Waals surface area contributed by atoms with Crippen LogP contribution in [0.4, 0.5) is 5.82 Å². The molecule has 2 aliphatic rings. The molecule has 0 bridgehead atoms. The molecule has 116 valence electrons. The second-order valence-electron chi connectivity index (χ2n) is 6.44. The van der Waals surface area contributed by atoms with Crippen molar-refractivity contribution in [3.63, 3.8) is 0 Å². The molecule has 1 aromatic rings. The highest BCUT2D eigenvalue weighted by Gasteiger charge is 2.25. The Labute approximate surface area is 128 Å². The smallest absolute Gasteiger partial charge is 0.133 e. The van der Waals surface area contributed by atoms with Crippen LogP contribution in [-0.4, -0.2) is 42.6 Å². The van der Waals surface area contributed by atoms with E-state index in [9.17, 15) is 0 Å². The van der Waals surface area contributed by atoms with Crippen molar-refractivity contribution in [1.29, 1.82) is 0 Å². The van der Waals surface area contributed by atoms with Gasteiger partial charge in [0.25, 0.3) is 0 Å². The number of likely N-dealkylation sites (tertiary alicyclic amines) is 1. The summed E-state index contributed by atoms with van der Waals surface area (Å²) in [6.07, 6.45) is 6.18. The third kappa shape index (κ3) is 2.92. The van der Waals surface area contributed by atoms with Gasteiger partial charge in [-0.15, -0.1) is 0 Å². The molecule has 0 amide bonds. The number of aryl methyl sites for hydroxylation is 2. The van der Waals surface area contributed by atoms with Crippen molar-refractivity contribution in [3.05, 3.63) is 22.9 Å². The van der Waals surface area contributed by atoms with E-state index in [1.54, 1.807) is 0 Å². The average Bonchev–Trinajstić information content (AvgIpc) is 3.13. The third-order valence-electron chi connectivity index (χ3n) is 5.08. The Morgan fingerprint density at radius 3 is 3.00 bits per heavy atom. The Kier molecular flexibility index (Phi) is 4.45. The standard InChI is InChI=1S/C17H28N4/c1-3-21-9-5-7-15(21)12-20(2)17-14(11-18)10-13-6-4-8-16(13)19-17/h10,15H,3-9,11-12,18H2,1-2H3. The molecule has 1 aliphatic heterocycles. The van der Waals surface area contributed by atoms with Crippen molar-refractivity contribution >= 4 is 5.82 Å². The fraction of sp³-hybridized carbons (Fsp3) is 0.706. The van der Waals surface area contributed by atoms with E-state index in [4.69, 9.17) is 10.7 Å². The van der Waals surface area contributed by atoms with Crippen LogP contribution in [-0.2, 0) is 19.4 Å². The quantitative estimate of drug-likeness (QED) is 0.899. The second-order valence-corrected chi connectivity index (χ2v) is 6.44. The number of fused-ring (bicyclic) bond motifs is 1. The van der Waals surface area contributed by atoms with Crippen molar-refractivity contribution in [2.45, 2.75) is 51.6 Å². The summed E-state index contributed by atoms with van der Waals surface area (Å²) in [7, 11) is 2.18. The van der Waals surface area contributed by atoms with Crippen LogP contribution in [0.1, 0.15) is 43.0 Å². The van der Waals surface area contributed by atoms with Crippen molar-refractivity contribution in [2.24, 2.45) is 5.73 Å². The zero-order chi connectivity index (χ0) is 14.8. The first-order valence-electron chi connectivity index (χ1n) is 8.39. The monoisotopic (exact) mass is 288 g/mol. The molecule has 4 heteroatoms. The number of anilines is 1. The van der Waals surface area contributed by atoms with Crippen LogP contribution >= 0.6 is 0 Å². The molecule has 0 spiro atoms. The first-order valence-corrected chi connectivity index (χ1v) is 8.39. The molecule has 1 saturated heterocycles. The molecule has 2 N–H and O–H groups in total. The van der Waals surface area contributed by atoms with E-state index < -0.39 is 0 Å². The summed E-state index contributed by atoms with van der Waals surface area (Å²) in [6.45, 7) is 6.31. The van der Waals surface area contributed by atoms with Gasteiger partial charge in [0, 0.05) is 37.4 Å². The maximum Gasteiger partial charge on any atom is 0.133 e. The number of likely N-dealkylation sites (N-methyl/N-ethyl adjacent to an activating group) is 2. The van der Waals surface area contributed by atoms with Gasteiger partial charge in [-0.05, 0) is 56.8 Å². The molecule has 21 heavy (non-hydrogen) atoms. The normalized spacial score (nSPS) is 21.8. The molecule has 1 unspecified atom stereocenters. The summed E-state index contributed by atoms with van der Waals surface area (Å²) in [4.78, 5) is 9.87. The Hall–Kier alpha value is -1.13. The Morgan fingerprint density at radius 1 is 1.38 bits per heavy atom. The van der Waals surface area contributed by atoms with E-state index in [2.05, 4.69) is 29.8 Å². The van der Waals surface area contributed by atoms with Gasteiger partial charge < -0.3 is 10.6 Å². The first-order chi connectivity index (χ1) is 10.2. The molecule has 0 saturated carbocycles. The lowest BCUT2D eigenvalue weighted by molar-refractivity contribution is 0.270. The van der Waals surface area contributed by atoms with Crippen LogP contribution in [0.5, 0.6) is 0 Å². The summed E-state index contributed by atoms with van der Waals surface area (Å²) < 4.78 is 0. The summed E-state index contributed by atoms with van der Waals surface area (Å²) in [5.74, 6) is 1.11. The number of aromatic nitrogens is 1. The van der Waals surface area contributed by atoms with Gasteiger partial charge in [-0.3, -0.25) is 4.90 Å². The highest BCUT2D eigenvalue weighted by molar-refractivity contribution is 5.50. The van der Waals surface area contributed by atoms with Gasteiger partial charge in [0.15, 0.2) is 0 Å². The Balaban J connectivity index is 1.79. The number of hydrogen-bond acceptors (Lipinski definition) is 4. The van der Waals surface area contributed by atoms with Crippen LogP contribution < -0.4 is 10.6 Å². The molecule has 2 heterocycles. The van der Waals surface area contributed by atoms with Gasteiger partial charge in [0.05, 0.1) is 0 Å². The van der Waals surface area contributed by atoms with Crippen molar-refractivity contribution in [1.82, 2.24) is 9.88 Å². The van der Waals surface area contributed by atoms with Crippen LogP contribution in [0.15, 0.2) is 6.07 Å². The molecular formula is C17H28N4. The number of hydrogen-bond donors (Lipinski definition) is 1. The molecule has 0 radical (unpaired) electrons. The number of nitrogens with zero attached hydrogens (tertiary/aromatic N) is 3. The molecule has 1 aromatic heterocycles. The van der Waals surface area contributed by atoms with E-state index in [1.807, 2.05) is 0 Å². The summed E-state index contributed by atoms with van der Waals surface area (Å²) in [6, 6.07) is 2.97. The van der Waals surface area contributed by atoms with Gasteiger partial charge in [0.1, 0.15) is 5.82 Å². The average molecular weight is 288 g/mol. The highest BCUT2D eigenvalue weighted by atomic mass is 15.2. The Bertz CT molecular complexity index is 500. The lowest BCUT2D eigenvalue weighted by Gasteiger charge is -2.29. The van der Waals surface area contributed by atoms with Crippen LogP contribution in [0.3, 0.4) is 0 Å². The SMILES string of the molecule is CCN1CCCC1CN(C)c1nc2c(cc1CN)CCC2. The summed E-state index contributed by atoms with van der Waals surface area (Å²) >= 11 is 0. The minimum Gasteiger partial charge on any atom is -0.358 e. The third-order valence-corrected chi connectivity index (χ3v) is 5.08. The maximum absolute atomic E-state index is 5.97. The predicted octanol–water partition coefficient (Wildman–Crippen LogP) is 1.95. The first kappa shape index (κ1) is 14.8. The Morgan fingerprint density at radius 2 is 2.24 bits per heavy atom. The van der Waals surface area contributed by atoms with Crippen molar-refractivity contribution < 1.29 is 0 Å². The van der Waals surface area contributed by atoms with Crippen LogP contribution in [0, 0.1) is 0 Å². The summed E-state index contributed by atoms with van der Waals surface area (Å²) in [5, 5.41) is 0. The topological polar surface area (TPSA) is 45.4 Å². The van der Waals surface area contributed by atoms with Crippen molar-refractivity contribution in [3.8, 4) is 0 Å². The van der Waals surface area contributed by atoms with Gasteiger partial charge in [0.2, 0.25) is 0 Å². The fourth-order valence-electron chi connectivity index (χ4n) is 3.91. The predicted molar refractivity (Wildman–Crippen MR) is 87.7 cm³/mol.